The fourth-order valence-electron chi connectivity index (χ4n) is 3.93. The molecule has 4 rings (SSSR count). The number of aliphatic hydroxyl groups excluding tert-OH is 1. The molecule has 0 bridgehead atoms. The van der Waals surface area contributed by atoms with Gasteiger partial charge in [-0.25, -0.2) is 9.59 Å². The molecule has 1 aliphatic rings. The zero-order chi connectivity index (χ0) is 24.1. The van der Waals surface area contributed by atoms with Crippen molar-refractivity contribution in [3.8, 4) is 11.1 Å². The molecule has 1 atom stereocenters. The number of aliphatic carboxylic acids is 1. The Kier molecular flexibility index (Phi) is 6.88. The summed E-state index contributed by atoms with van der Waals surface area (Å²) in [5.74, 6) is -1.92. The lowest BCUT2D eigenvalue weighted by Crippen LogP contribution is -2.41. The molecular weight excluding hydrogens is 442 g/mol. The van der Waals surface area contributed by atoms with Gasteiger partial charge < -0.3 is 30.1 Å². The highest BCUT2D eigenvalue weighted by molar-refractivity contribution is 5.94. The Morgan fingerprint density at radius 1 is 1.06 bits per heavy atom. The topological polar surface area (TPSA) is 151 Å². The van der Waals surface area contributed by atoms with Crippen molar-refractivity contribution in [1.29, 1.82) is 0 Å². The average Bonchev–Trinajstić information content (AvgIpc) is 3.44. The van der Waals surface area contributed by atoms with Crippen molar-refractivity contribution in [2.75, 3.05) is 13.2 Å². The van der Waals surface area contributed by atoms with E-state index in [1.54, 1.807) is 0 Å². The standard InChI is InChI=1S/C24H23N3O7/c28-10-9-20(23(30)31)26-22(29)21-11-14(34-27-21)12-25-24(32)33-13-19-17-7-3-1-5-15(17)16-6-2-4-8-18(16)19/h1-8,11,19-20,28H,9-10,12-13H2,(H,25,32)(H,26,29)(H,30,31)/t20-/m0/s1. The van der Waals surface area contributed by atoms with Crippen LogP contribution in [0.5, 0.6) is 0 Å². The summed E-state index contributed by atoms with van der Waals surface area (Å²) in [4.78, 5) is 35.5. The molecule has 10 nitrogen and oxygen atoms in total. The second-order valence-corrected chi connectivity index (χ2v) is 7.73. The number of nitrogens with one attached hydrogen (secondary N) is 2. The number of fused-ring (bicyclic) bond motifs is 3. The minimum Gasteiger partial charge on any atom is -0.480 e. The molecule has 1 aromatic heterocycles. The lowest BCUT2D eigenvalue weighted by molar-refractivity contribution is -0.139. The minimum atomic E-state index is -1.27. The van der Waals surface area contributed by atoms with E-state index in [4.69, 9.17) is 19.5 Å². The van der Waals surface area contributed by atoms with E-state index in [0.717, 1.165) is 22.3 Å². The Balaban J connectivity index is 1.30. The second kappa shape index (κ2) is 10.2. The number of carboxylic acids is 1. The SMILES string of the molecule is O=C(NCc1cc(C(=O)N[C@@H](CCO)C(=O)O)no1)OCC1c2ccccc2-c2ccccc21. The van der Waals surface area contributed by atoms with Crippen LogP contribution < -0.4 is 10.6 Å². The number of aliphatic hydroxyl groups is 1. The molecule has 0 radical (unpaired) electrons. The Hall–Kier alpha value is -4.18. The zero-order valence-corrected chi connectivity index (χ0v) is 18.1. The molecular formula is C24H23N3O7. The van der Waals surface area contributed by atoms with Gasteiger partial charge in [-0.05, 0) is 22.3 Å². The Morgan fingerprint density at radius 2 is 1.71 bits per heavy atom. The molecule has 0 saturated heterocycles. The van der Waals surface area contributed by atoms with Gasteiger partial charge in [-0.3, -0.25) is 4.79 Å². The van der Waals surface area contributed by atoms with Gasteiger partial charge in [0, 0.05) is 25.0 Å². The van der Waals surface area contributed by atoms with E-state index in [9.17, 15) is 14.4 Å². The van der Waals surface area contributed by atoms with Crippen LogP contribution in [0.15, 0.2) is 59.1 Å². The number of aromatic nitrogens is 1. The van der Waals surface area contributed by atoms with E-state index in [2.05, 4.69) is 15.8 Å². The highest BCUT2D eigenvalue weighted by atomic mass is 16.5. The number of hydrogen-bond acceptors (Lipinski definition) is 7. The quantitative estimate of drug-likeness (QED) is 0.376. The van der Waals surface area contributed by atoms with Crippen LogP contribution in [0.25, 0.3) is 11.1 Å². The van der Waals surface area contributed by atoms with E-state index < -0.39 is 30.6 Å². The van der Waals surface area contributed by atoms with Crippen LogP contribution in [0.2, 0.25) is 0 Å². The van der Waals surface area contributed by atoms with Crippen LogP contribution in [-0.2, 0) is 16.1 Å². The van der Waals surface area contributed by atoms with Crippen molar-refractivity contribution in [3.05, 3.63) is 77.2 Å². The number of carbonyl (C=O) groups is 3. The Bertz CT molecular complexity index is 1160. The van der Waals surface area contributed by atoms with Crippen LogP contribution in [0.1, 0.15) is 39.7 Å². The molecule has 176 valence electrons. The number of carbonyl (C=O) groups excluding carboxylic acids is 2. The van der Waals surface area contributed by atoms with Crippen molar-refractivity contribution >= 4 is 18.0 Å². The summed E-state index contributed by atoms with van der Waals surface area (Å²) in [6, 6.07) is 16.1. The third kappa shape index (κ3) is 4.91. The van der Waals surface area contributed by atoms with Crippen molar-refractivity contribution in [2.24, 2.45) is 0 Å². The van der Waals surface area contributed by atoms with Crippen molar-refractivity contribution < 1.29 is 33.9 Å². The highest BCUT2D eigenvalue weighted by Gasteiger charge is 2.29. The van der Waals surface area contributed by atoms with Gasteiger partial charge in [-0.2, -0.15) is 0 Å². The number of alkyl carbamates (subject to hydrolysis) is 1. The maximum atomic E-state index is 12.3. The molecule has 0 aliphatic heterocycles. The van der Waals surface area contributed by atoms with Crippen LogP contribution >= 0.6 is 0 Å². The van der Waals surface area contributed by atoms with Crippen LogP contribution in [0.3, 0.4) is 0 Å². The van der Waals surface area contributed by atoms with E-state index in [-0.39, 0.29) is 36.9 Å². The summed E-state index contributed by atoms with van der Waals surface area (Å²) < 4.78 is 10.5. The summed E-state index contributed by atoms with van der Waals surface area (Å²) in [5, 5.41) is 26.3. The van der Waals surface area contributed by atoms with Crippen LogP contribution in [0.4, 0.5) is 4.79 Å². The maximum absolute atomic E-state index is 12.3. The first-order chi connectivity index (χ1) is 16.5. The van der Waals surface area contributed by atoms with Crippen molar-refractivity contribution in [2.45, 2.75) is 24.9 Å². The molecule has 34 heavy (non-hydrogen) atoms. The number of amides is 2. The highest BCUT2D eigenvalue weighted by Crippen LogP contribution is 2.44. The number of hydrogen-bond donors (Lipinski definition) is 4. The lowest BCUT2D eigenvalue weighted by Gasteiger charge is -2.14. The normalized spacial score (nSPS) is 13.0. The van der Waals surface area contributed by atoms with Crippen LogP contribution in [0, 0.1) is 0 Å². The number of rotatable bonds is 9. The fourth-order valence-corrected chi connectivity index (χ4v) is 3.93. The molecule has 1 heterocycles. The molecule has 0 fully saturated rings. The summed E-state index contributed by atoms with van der Waals surface area (Å²) in [6.45, 7) is -0.313. The molecule has 0 saturated carbocycles. The van der Waals surface area contributed by atoms with Gasteiger partial charge in [0.15, 0.2) is 11.5 Å². The summed E-state index contributed by atoms with van der Waals surface area (Å²) in [6.07, 6.45) is -0.798. The fraction of sp³-hybridized carbons (Fsp3) is 0.250. The second-order valence-electron chi connectivity index (χ2n) is 7.73. The molecule has 0 spiro atoms. The molecule has 4 N–H and O–H groups in total. The first-order valence-electron chi connectivity index (χ1n) is 10.7. The van der Waals surface area contributed by atoms with Gasteiger partial charge >= 0.3 is 12.1 Å². The minimum absolute atomic E-state index is 0.0696. The van der Waals surface area contributed by atoms with Gasteiger partial charge in [0.05, 0.1) is 6.54 Å². The van der Waals surface area contributed by atoms with Gasteiger partial charge in [0.25, 0.3) is 5.91 Å². The summed E-state index contributed by atoms with van der Waals surface area (Å²) >= 11 is 0. The number of benzene rings is 2. The summed E-state index contributed by atoms with van der Waals surface area (Å²) in [5.41, 5.74) is 4.31. The first kappa shape index (κ1) is 23.0. The van der Waals surface area contributed by atoms with E-state index in [1.807, 2.05) is 48.5 Å². The average molecular weight is 465 g/mol. The number of nitrogens with zero attached hydrogens (tertiary/aromatic N) is 1. The number of carboxylic acid groups (broad SMARTS) is 1. The summed E-state index contributed by atoms with van der Waals surface area (Å²) in [7, 11) is 0. The van der Waals surface area contributed by atoms with Crippen molar-refractivity contribution in [1.82, 2.24) is 15.8 Å². The van der Waals surface area contributed by atoms with Gasteiger partial charge in [-0.1, -0.05) is 53.7 Å². The molecule has 0 unspecified atom stereocenters. The molecule has 3 aromatic rings. The smallest absolute Gasteiger partial charge is 0.407 e. The van der Waals surface area contributed by atoms with Crippen LogP contribution in [-0.4, -0.2) is 52.6 Å². The molecule has 1 aliphatic carbocycles. The van der Waals surface area contributed by atoms with Gasteiger partial charge in [-0.15, -0.1) is 0 Å². The third-order valence-corrected chi connectivity index (χ3v) is 5.56. The number of ether oxygens (including phenoxy) is 1. The predicted octanol–water partition coefficient (Wildman–Crippen LogP) is 2.28. The zero-order valence-electron chi connectivity index (χ0n) is 18.1. The maximum Gasteiger partial charge on any atom is 0.407 e. The molecule has 2 aromatic carbocycles. The molecule has 2 amide bonds. The van der Waals surface area contributed by atoms with E-state index in [1.165, 1.54) is 6.07 Å². The molecule has 10 heteroatoms. The Morgan fingerprint density at radius 3 is 2.32 bits per heavy atom. The van der Waals surface area contributed by atoms with E-state index in [0.29, 0.717) is 0 Å². The largest absolute Gasteiger partial charge is 0.480 e. The van der Waals surface area contributed by atoms with Gasteiger partial charge in [0.1, 0.15) is 12.6 Å². The monoisotopic (exact) mass is 465 g/mol. The lowest BCUT2D eigenvalue weighted by atomic mass is 9.98. The first-order valence-corrected chi connectivity index (χ1v) is 10.7. The predicted molar refractivity (Wildman–Crippen MR) is 119 cm³/mol. The third-order valence-electron chi connectivity index (χ3n) is 5.56. The Labute approximate surface area is 194 Å². The van der Waals surface area contributed by atoms with E-state index >= 15 is 0 Å². The van der Waals surface area contributed by atoms with Crippen molar-refractivity contribution in [3.63, 3.8) is 0 Å². The van der Waals surface area contributed by atoms with Gasteiger partial charge in [0.2, 0.25) is 0 Å².